The molecule has 2 amide bonds. The molecule has 4 N–H and O–H groups in total. The third-order valence-corrected chi connectivity index (χ3v) is 3.49. The first kappa shape index (κ1) is 10.4. The first-order valence-corrected chi connectivity index (χ1v) is 6.13. The van der Waals surface area contributed by atoms with Crippen LogP contribution in [0.4, 0.5) is 10.5 Å². The van der Waals surface area contributed by atoms with Crippen molar-refractivity contribution >= 4 is 11.7 Å². The van der Waals surface area contributed by atoms with Crippen LogP contribution in [-0.2, 0) is 5.54 Å². The van der Waals surface area contributed by atoms with Crippen LogP contribution in [0.2, 0.25) is 0 Å². The SMILES string of the molecule is Nc1ccccc1C1(NC(=O)NC2CC2)CC1. The summed E-state index contributed by atoms with van der Waals surface area (Å²) >= 11 is 0. The van der Waals surface area contributed by atoms with E-state index in [0.29, 0.717) is 6.04 Å². The number of hydrogen-bond acceptors (Lipinski definition) is 2. The van der Waals surface area contributed by atoms with Gasteiger partial charge in [-0.15, -0.1) is 0 Å². The predicted octanol–water partition coefficient (Wildman–Crippen LogP) is 1.72. The number of carbonyl (C=O) groups is 1. The van der Waals surface area contributed by atoms with E-state index >= 15 is 0 Å². The molecule has 0 heterocycles. The Kier molecular flexibility index (Phi) is 2.24. The Bertz CT molecular complexity index is 450. The maximum Gasteiger partial charge on any atom is 0.315 e. The number of nitrogens with one attached hydrogen (secondary N) is 2. The Labute approximate surface area is 101 Å². The summed E-state index contributed by atoms with van der Waals surface area (Å²) in [7, 11) is 0. The molecular formula is C13H17N3O. The molecule has 0 aliphatic heterocycles. The fourth-order valence-corrected chi connectivity index (χ4v) is 2.19. The van der Waals surface area contributed by atoms with E-state index in [9.17, 15) is 4.79 Å². The van der Waals surface area contributed by atoms with Crippen molar-refractivity contribution in [3.05, 3.63) is 29.8 Å². The second kappa shape index (κ2) is 3.65. The van der Waals surface area contributed by atoms with Gasteiger partial charge >= 0.3 is 6.03 Å². The van der Waals surface area contributed by atoms with Crippen LogP contribution in [0.1, 0.15) is 31.2 Å². The third kappa shape index (κ3) is 2.07. The van der Waals surface area contributed by atoms with Gasteiger partial charge in [0.05, 0.1) is 5.54 Å². The van der Waals surface area contributed by atoms with E-state index in [1.807, 2.05) is 24.3 Å². The van der Waals surface area contributed by atoms with Crippen LogP contribution >= 0.6 is 0 Å². The number of benzene rings is 1. The Morgan fingerprint density at radius 2 is 2.00 bits per heavy atom. The molecule has 0 spiro atoms. The largest absolute Gasteiger partial charge is 0.398 e. The van der Waals surface area contributed by atoms with Gasteiger partial charge < -0.3 is 16.4 Å². The van der Waals surface area contributed by atoms with Crippen molar-refractivity contribution < 1.29 is 4.79 Å². The highest BCUT2D eigenvalue weighted by molar-refractivity contribution is 5.77. The topological polar surface area (TPSA) is 67.1 Å². The first-order valence-electron chi connectivity index (χ1n) is 6.13. The molecule has 0 unspecified atom stereocenters. The summed E-state index contributed by atoms with van der Waals surface area (Å²) in [4.78, 5) is 11.8. The summed E-state index contributed by atoms with van der Waals surface area (Å²) in [6.45, 7) is 0. The summed E-state index contributed by atoms with van der Waals surface area (Å²) in [5.74, 6) is 0. The summed E-state index contributed by atoms with van der Waals surface area (Å²) < 4.78 is 0. The predicted molar refractivity (Wildman–Crippen MR) is 66.5 cm³/mol. The second-order valence-electron chi connectivity index (χ2n) is 5.04. The number of para-hydroxylation sites is 1. The molecule has 2 aliphatic rings. The highest BCUT2D eigenvalue weighted by Crippen LogP contribution is 2.47. The average molecular weight is 231 g/mol. The lowest BCUT2D eigenvalue weighted by Crippen LogP contribution is -2.43. The number of anilines is 1. The molecule has 4 heteroatoms. The van der Waals surface area contributed by atoms with Crippen molar-refractivity contribution in [2.75, 3.05) is 5.73 Å². The molecule has 0 saturated heterocycles. The summed E-state index contributed by atoms with van der Waals surface area (Å²) in [5.41, 5.74) is 7.55. The van der Waals surface area contributed by atoms with Gasteiger partial charge in [-0.2, -0.15) is 0 Å². The van der Waals surface area contributed by atoms with E-state index in [0.717, 1.165) is 36.9 Å². The van der Waals surface area contributed by atoms with Crippen molar-refractivity contribution in [1.82, 2.24) is 10.6 Å². The smallest absolute Gasteiger partial charge is 0.315 e. The molecule has 1 aromatic carbocycles. The number of rotatable bonds is 3. The molecule has 0 radical (unpaired) electrons. The zero-order valence-electron chi connectivity index (χ0n) is 9.70. The molecule has 1 aromatic rings. The lowest BCUT2D eigenvalue weighted by molar-refractivity contribution is 0.235. The minimum atomic E-state index is -0.218. The van der Waals surface area contributed by atoms with E-state index in [1.165, 1.54) is 0 Å². The highest BCUT2D eigenvalue weighted by atomic mass is 16.2. The van der Waals surface area contributed by atoms with Crippen LogP contribution in [0.3, 0.4) is 0 Å². The fraction of sp³-hybridized carbons (Fsp3) is 0.462. The van der Waals surface area contributed by atoms with Crippen LogP contribution in [0.25, 0.3) is 0 Å². The maximum absolute atomic E-state index is 11.8. The standard InChI is InChI=1S/C13H17N3O/c14-11-4-2-1-3-10(11)13(7-8-13)16-12(17)15-9-5-6-9/h1-4,9H,5-8,14H2,(H2,15,16,17). The molecule has 2 fully saturated rings. The summed E-state index contributed by atoms with van der Waals surface area (Å²) in [6, 6.07) is 8.09. The van der Waals surface area contributed by atoms with E-state index < -0.39 is 0 Å². The monoisotopic (exact) mass is 231 g/mol. The maximum atomic E-state index is 11.8. The molecule has 2 saturated carbocycles. The number of nitrogen functional groups attached to an aromatic ring is 1. The molecule has 0 aromatic heterocycles. The van der Waals surface area contributed by atoms with Crippen molar-refractivity contribution in [1.29, 1.82) is 0 Å². The highest BCUT2D eigenvalue weighted by Gasteiger charge is 2.47. The van der Waals surface area contributed by atoms with Gasteiger partial charge in [0.1, 0.15) is 0 Å². The van der Waals surface area contributed by atoms with Gasteiger partial charge in [0, 0.05) is 17.3 Å². The van der Waals surface area contributed by atoms with Crippen LogP contribution < -0.4 is 16.4 Å². The lowest BCUT2D eigenvalue weighted by Gasteiger charge is -2.20. The fourth-order valence-electron chi connectivity index (χ4n) is 2.19. The van der Waals surface area contributed by atoms with Crippen molar-refractivity contribution in [3.63, 3.8) is 0 Å². The van der Waals surface area contributed by atoms with E-state index in [4.69, 9.17) is 5.73 Å². The Balaban J connectivity index is 1.72. The van der Waals surface area contributed by atoms with E-state index in [2.05, 4.69) is 10.6 Å². The van der Waals surface area contributed by atoms with Gasteiger partial charge in [0.15, 0.2) is 0 Å². The summed E-state index contributed by atoms with van der Waals surface area (Å²) in [6.07, 6.45) is 4.15. The average Bonchev–Trinajstić information content (AvgIpc) is 3.17. The van der Waals surface area contributed by atoms with Gasteiger partial charge in [0.2, 0.25) is 0 Å². The van der Waals surface area contributed by atoms with Crippen LogP contribution in [-0.4, -0.2) is 12.1 Å². The van der Waals surface area contributed by atoms with Crippen LogP contribution in [0, 0.1) is 0 Å². The molecular weight excluding hydrogens is 214 g/mol. The first-order chi connectivity index (χ1) is 8.20. The molecule has 3 rings (SSSR count). The Morgan fingerprint density at radius 1 is 1.29 bits per heavy atom. The van der Waals surface area contributed by atoms with E-state index in [-0.39, 0.29) is 11.6 Å². The minimum Gasteiger partial charge on any atom is -0.398 e. The zero-order valence-corrected chi connectivity index (χ0v) is 9.70. The third-order valence-electron chi connectivity index (χ3n) is 3.49. The molecule has 17 heavy (non-hydrogen) atoms. The quantitative estimate of drug-likeness (QED) is 0.693. The minimum absolute atomic E-state index is 0.0618. The number of carbonyl (C=O) groups excluding carboxylic acids is 1. The molecule has 90 valence electrons. The molecule has 0 bridgehead atoms. The summed E-state index contributed by atoms with van der Waals surface area (Å²) in [5, 5.41) is 6.01. The number of hydrogen-bond donors (Lipinski definition) is 3. The van der Waals surface area contributed by atoms with Gasteiger partial charge in [-0.1, -0.05) is 18.2 Å². The molecule has 2 aliphatic carbocycles. The van der Waals surface area contributed by atoms with Gasteiger partial charge in [-0.25, -0.2) is 4.79 Å². The Hall–Kier alpha value is -1.71. The normalized spacial score (nSPS) is 20.7. The van der Waals surface area contributed by atoms with Crippen molar-refractivity contribution in [2.45, 2.75) is 37.3 Å². The molecule has 0 atom stereocenters. The second-order valence-corrected chi connectivity index (χ2v) is 5.04. The van der Waals surface area contributed by atoms with Gasteiger partial charge in [-0.05, 0) is 31.7 Å². The van der Waals surface area contributed by atoms with Crippen LogP contribution in [0.15, 0.2) is 24.3 Å². The van der Waals surface area contributed by atoms with Crippen LogP contribution in [0.5, 0.6) is 0 Å². The van der Waals surface area contributed by atoms with Gasteiger partial charge in [0.25, 0.3) is 0 Å². The van der Waals surface area contributed by atoms with Crippen molar-refractivity contribution in [2.24, 2.45) is 0 Å². The van der Waals surface area contributed by atoms with Crippen molar-refractivity contribution in [3.8, 4) is 0 Å². The number of urea groups is 1. The zero-order chi connectivity index (χ0) is 11.9. The van der Waals surface area contributed by atoms with Gasteiger partial charge in [-0.3, -0.25) is 0 Å². The molecule has 4 nitrogen and oxygen atoms in total. The lowest BCUT2D eigenvalue weighted by atomic mass is 10.0. The number of nitrogens with two attached hydrogens (primary N) is 1. The number of amides is 2. The van der Waals surface area contributed by atoms with E-state index in [1.54, 1.807) is 0 Å². The Morgan fingerprint density at radius 3 is 2.59 bits per heavy atom.